The number of hydrogen-bond donors (Lipinski definition) is 0. The van der Waals surface area contributed by atoms with Gasteiger partial charge in [0.1, 0.15) is 0 Å². The number of aromatic nitrogens is 2. The van der Waals surface area contributed by atoms with Gasteiger partial charge in [-0.05, 0) is 37.1 Å². The van der Waals surface area contributed by atoms with Crippen LogP contribution in [-0.4, -0.2) is 28.0 Å². The maximum atomic E-state index is 13.9. The smallest absolute Gasteiger partial charge is 0.321 e. The van der Waals surface area contributed by atoms with Gasteiger partial charge in [0.05, 0.1) is 30.2 Å². The summed E-state index contributed by atoms with van der Waals surface area (Å²) in [6.07, 6.45) is 0. The second-order valence-corrected chi connectivity index (χ2v) is 8.27. The molecule has 0 saturated carbocycles. The van der Waals surface area contributed by atoms with Gasteiger partial charge in [-0.1, -0.05) is 72.3 Å². The molecule has 1 aliphatic heterocycles. The molecule has 5 rings (SSSR count). The Morgan fingerprint density at radius 2 is 1.76 bits per heavy atom. The summed E-state index contributed by atoms with van der Waals surface area (Å²) in [5.74, 6) is -1.29. The normalized spacial score (nSPS) is 17.8. The van der Waals surface area contributed by atoms with Crippen LogP contribution in [0.4, 0.5) is 5.95 Å². The predicted molar refractivity (Wildman–Crippen MR) is 127 cm³/mol. The third-order valence-corrected chi connectivity index (χ3v) is 6.05. The number of benzene rings is 3. The fourth-order valence-corrected chi connectivity index (χ4v) is 4.62. The maximum Gasteiger partial charge on any atom is 0.321 e. The number of fused-ring (bicyclic) bond motifs is 3. The molecule has 3 aromatic carbocycles. The average molecular weight is 440 g/mol. The molecular weight excluding hydrogens is 414 g/mol. The molecule has 1 amide bonds. The lowest BCUT2D eigenvalue weighted by molar-refractivity contribution is -0.153. The molecule has 33 heavy (non-hydrogen) atoms. The van der Waals surface area contributed by atoms with Crippen molar-refractivity contribution in [3.63, 3.8) is 0 Å². The first-order valence-corrected chi connectivity index (χ1v) is 11.1. The summed E-state index contributed by atoms with van der Waals surface area (Å²) >= 11 is 0. The standard InChI is InChI=1S/C27H25N3O3/c1-3-33-26(32)23-24(20-13-9-10-18(2)16-20)30-22-15-8-7-14-21(22)28-27(30)29(25(23)31)17-19-11-5-4-6-12-19/h4-16,23-24H,3,17H2,1-2H3/t23-,24+/m1/s1. The van der Waals surface area contributed by atoms with E-state index < -0.39 is 17.9 Å². The summed E-state index contributed by atoms with van der Waals surface area (Å²) in [7, 11) is 0. The first kappa shape index (κ1) is 20.9. The third-order valence-electron chi connectivity index (χ3n) is 6.05. The molecule has 2 heterocycles. The number of anilines is 1. The highest BCUT2D eigenvalue weighted by Crippen LogP contribution is 2.41. The number of nitrogens with zero attached hydrogens (tertiary/aromatic N) is 3. The zero-order chi connectivity index (χ0) is 22.9. The molecule has 1 aliphatic rings. The third kappa shape index (κ3) is 3.67. The number of esters is 1. The van der Waals surface area contributed by atoms with E-state index in [0.29, 0.717) is 12.5 Å². The van der Waals surface area contributed by atoms with Crippen LogP contribution in [0.25, 0.3) is 11.0 Å². The van der Waals surface area contributed by atoms with Crippen LogP contribution in [0.1, 0.15) is 29.7 Å². The first-order chi connectivity index (χ1) is 16.1. The zero-order valence-corrected chi connectivity index (χ0v) is 18.6. The molecule has 1 aromatic heterocycles. The number of carbonyl (C=O) groups is 2. The summed E-state index contributed by atoms with van der Waals surface area (Å²) < 4.78 is 7.44. The van der Waals surface area contributed by atoms with Crippen LogP contribution >= 0.6 is 0 Å². The van der Waals surface area contributed by atoms with Gasteiger partial charge in [0.15, 0.2) is 5.92 Å². The Hall–Kier alpha value is -3.93. The minimum atomic E-state index is -1.01. The number of para-hydroxylation sites is 2. The minimum Gasteiger partial charge on any atom is -0.465 e. The summed E-state index contributed by atoms with van der Waals surface area (Å²) in [5, 5.41) is 0. The van der Waals surface area contributed by atoms with E-state index in [1.54, 1.807) is 11.8 Å². The van der Waals surface area contributed by atoms with Crippen molar-refractivity contribution in [3.05, 3.63) is 95.6 Å². The SMILES string of the molecule is CCOC(=O)[C@H]1C(=O)N(Cc2ccccc2)c2nc3ccccc3n2[C@H]1c1cccc(C)c1. The maximum absolute atomic E-state index is 13.9. The van der Waals surface area contributed by atoms with E-state index in [4.69, 9.17) is 9.72 Å². The zero-order valence-electron chi connectivity index (χ0n) is 18.6. The van der Waals surface area contributed by atoms with E-state index in [9.17, 15) is 9.59 Å². The number of carbonyl (C=O) groups excluding carboxylic acids is 2. The number of rotatable bonds is 5. The Balaban J connectivity index is 1.76. The lowest BCUT2D eigenvalue weighted by Gasteiger charge is -2.38. The molecule has 4 aromatic rings. The highest BCUT2D eigenvalue weighted by molar-refractivity contribution is 6.08. The van der Waals surface area contributed by atoms with Crippen LogP contribution in [-0.2, 0) is 20.9 Å². The summed E-state index contributed by atoms with van der Waals surface area (Å²) in [6.45, 7) is 4.29. The van der Waals surface area contributed by atoms with Crippen LogP contribution in [0.2, 0.25) is 0 Å². The van der Waals surface area contributed by atoms with Crippen molar-refractivity contribution in [3.8, 4) is 0 Å². The fourth-order valence-electron chi connectivity index (χ4n) is 4.62. The van der Waals surface area contributed by atoms with Crippen molar-refractivity contribution in [2.45, 2.75) is 26.4 Å². The second kappa shape index (κ2) is 8.54. The van der Waals surface area contributed by atoms with Crippen molar-refractivity contribution in [1.82, 2.24) is 9.55 Å². The van der Waals surface area contributed by atoms with E-state index in [0.717, 1.165) is 27.7 Å². The van der Waals surface area contributed by atoms with Gasteiger partial charge in [0.25, 0.3) is 0 Å². The molecule has 0 aliphatic carbocycles. The molecule has 0 unspecified atom stereocenters. The Morgan fingerprint density at radius 1 is 1.00 bits per heavy atom. The molecule has 6 heteroatoms. The van der Waals surface area contributed by atoms with Gasteiger partial charge in [0, 0.05) is 0 Å². The van der Waals surface area contributed by atoms with Crippen LogP contribution in [0.3, 0.4) is 0 Å². The lowest BCUT2D eigenvalue weighted by Crippen LogP contribution is -2.49. The molecule has 6 nitrogen and oxygen atoms in total. The highest BCUT2D eigenvalue weighted by Gasteiger charge is 2.47. The number of aryl methyl sites for hydroxylation is 1. The van der Waals surface area contributed by atoms with Gasteiger partial charge in [-0.25, -0.2) is 4.98 Å². The van der Waals surface area contributed by atoms with Gasteiger partial charge >= 0.3 is 5.97 Å². The fraction of sp³-hybridized carbons (Fsp3) is 0.222. The topological polar surface area (TPSA) is 64.4 Å². The molecule has 0 fully saturated rings. The van der Waals surface area contributed by atoms with Gasteiger partial charge in [-0.15, -0.1) is 0 Å². The monoisotopic (exact) mass is 439 g/mol. The van der Waals surface area contributed by atoms with Crippen molar-refractivity contribution in [2.24, 2.45) is 5.92 Å². The Labute approximate surface area is 192 Å². The van der Waals surface area contributed by atoms with Crippen molar-refractivity contribution < 1.29 is 14.3 Å². The van der Waals surface area contributed by atoms with Gasteiger partial charge in [-0.3, -0.25) is 14.5 Å². The molecule has 0 spiro atoms. The van der Waals surface area contributed by atoms with Gasteiger partial charge < -0.3 is 9.30 Å². The van der Waals surface area contributed by atoms with Crippen LogP contribution in [0, 0.1) is 12.8 Å². The van der Waals surface area contributed by atoms with Crippen LogP contribution < -0.4 is 4.90 Å². The molecule has 0 radical (unpaired) electrons. The van der Waals surface area contributed by atoms with Crippen molar-refractivity contribution in [1.29, 1.82) is 0 Å². The van der Waals surface area contributed by atoms with Crippen LogP contribution in [0.15, 0.2) is 78.9 Å². The molecule has 166 valence electrons. The first-order valence-electron chi connectivity index (χ1n) is 11.1. The number of amides is 1. The number of imidazole rings is 1. The lowest BCUT2D eigenvalue weighted by atomic mass is 9.88. The van der Waals surface area contributed by atoms with E-state index in [-0.39, 0.29) is 12.5 Å². The van der Waals surface area contributed by atoms with E-state index in [1.165, 1.54) is 0 Å². The number of ether oxygens (including phenoxy) is 1. The molecule has 0 bridgehead atoms. The minimum absolute atomic E-state index is 0.208. The van der Waals surface area contributed by atoms with Crippen molar-refractivity contribution in [2.75, 3.05) is 11.5 Å². The summed E-state index contributed by atoms with van der Waals surface area (Å²) in [5.41, 5.74) is 4.55. The molecule has 0 N–H and O–H groups in total. The molecule has 2 atom stereocenters. The van der Waals surface area contributed by atoms with E-state index >= 15 is 0 Å². The highest BCUT2D eigenvalue weighted by atomic mass is 16.5. The van der Waals surface area contributed by atoms with Crippen LogP contribution in [0.5, 0.6) is 0 Å². The number of hydrogen-bond acceptors (Lipinski definition) is 4. The Morgan fingerprint density at radius 3 is 2.52 bits per heavy atom. The van der Waals surface area contributed by atoms with E-state index in [2.05, 4.69) is 0 Å². The Bertz CT molecular complexity index is 1330. The van der Waals surface area contributed by atoms with Gasteiger partial charge in [-0.2, -0.15) is 0 Å². The van der Waals surface area contributed by atoms with E-state index in [1.807, 2.05) is 90.4 Å². The summed E-state index contributed by atoms with van der Waals surface area (Å²) in [4.78, 5) is 33.6. The van der Waals surface area contributed by atoms with Gasteiger partial charge in [0.2, 0.25) is 11.9 Å². The predicted octanol–water partition coefficient (Wildman–Crippen LogP) is 4.66. The quantitative estimate of drug-likeness (QED) is 0.335. The largest absolute Gasteiger partial charge is 0.465 e. The molecule has 0 saturated heterocycles. The average Bonchev–Trinajstić information content (AvgIpc) is 3.20. The summed E-state index contributed by atoms with van der Waals surface area (Å²) in [6, 6.07) is 24.9. The second-order valence-electron chi connectivity index (χ2n) is 8.27. The molecular formula is C27H25N3O3. The van der Waals surface area contributed by atoms with Crippen molar-refractivity contribution >= 4 is 28.9 Å². The Kier molecular flexibility index (Phi) is 5.42.